The summed E-state index contributed by atoms with van der Waals surface area (Å²) in [4.78, 5) is 29.9. The number of nitrogens with zero attached hydrogens (tertiary/aromatic N) is 2. The van der Waals surface area contributed by atoms with Gasteiger partial charge in [-0.1, -0.05) is 41.9 Å². The van der Waals surface area contributed by atoms with Crippen molar-refractivity contribution in [2.75, 3.05) is 24.8 Å². The molecular formula is C29H27ClN2O5S. The van der Waals surface area contributed by atoms with Gasteiger partial charge in [0.2, 0.25) is 6.79 Å². The normalized spacial score (nSPS) is 15.4. The molecular weight excluding hydrogens is 524 g/mol. The summed E-state index contributed by atoms with van der Waals surface area (Å²) >= 11 is 7.29. The van der Waals surface area contributed by atoms with Gasteiger partial charge in [-0.15, -0.1) is 0 Å². The Labute approximate surface area is 230 Å². The van der Waals surface area contributed by atoms with E-state index in [1.807, 2.05) is 48.5 Å². The maximum atomic E-state index is 13.3. The minimum atomic E-state index is -0.379. The number of hydrogen-bond donors (Lipinski definition) is 0. The first-order valence-corrected chi connectivity index (χ1v) is 13.5. The molecule has 2 heterocycles. The molecule has 1 saturated heterocycles. The lowest BCUT2D eigenvalue weighted by Crippen LogP contribution is -2.27. The Morgan fingerprint density at radius 1 is 1.03 bits per heavy atom. The van der Waals surface area contributed by atoms with Gasteiger partial charge in [0.15, 0.2) is 11.5 Å². The van der Waals surface area contributed by atoms with E-state index in [1.165, 1.54) is 4.90 Å². The topological polar surface area (TPSA) is 68.3 Å². The quantitative estimate of drug-likeness (QED) is 0.274. The van der Waals surface area contributed by atoms with Crippen LogP contribution in [0.2, 0.25) is 5.02 Å². The number of imide groups is 1. The Morgan fingerprint density at radius 2 is 1.76 bits per heavy atom. The highest BCUT2D eigenvalue weighted by molar-refractivity contribution is 8.18. The molecule has 0 aliphatic carbocycles. The molecule has 0 radical (unpaired) electrons. The van der Waals surface area contributed by atoms with Crippen LogP contribution < -0.4 is 19.1 Å². The maximum Gasteiger partial charge on any atom is 0.293 e. The Morgan fingerprint density at radius 3 is 2.50 bits per heavy atom. The second kappa shape index (κ2) is 11.4. The van der Waals surface area contributed by atoms with Crippen molar-refractivity contribution in [2.45, 2.75) is 27.0 Å². The third kappa shape index (κ3) is 5.47. The lowest BCUT2D eigenvalue weighted by Gasteiger charge is -2.22. The molecule has 0 bridgehead atoms. The van der Waals surface area contributed by atoms with Crippen LogP contribution in [-0.4, -0.2) is 35.9 Å². The lowest BCUT2D eigenvalue weighted by molar-refractivity contribution is -0.123. The molecule has 3 aromatic carbocycles. The maximum absolute atomic E-state index is 13.3. The highest BCUT2D eigenvalue weighted by Crippen LogP contribution is 2.40. The van der Waals surface area contributed by atoms with Crippen LogP contribution in [0.25, 0.3) is 6.08 Å². The van der Waals surface area contributed by atoms with Crippen LogP contribution in [0.1, 0.15) is 30.5 Å². The highest BCUT2D eigenvalue weighted by Gasteiger charge is 2.36. The van der Waals surface area contributed by atoms with E-state index in [9.17, 15) is 9.59 Å². The highest BCUT2D eigenvalue weighted by atomic mass is 35.5. The molecule has 2 aliphatic rings. The summed E-state index contributed by atoms with van der Waals surface area (Å²) < 4.78 is 17.0. The van der Waals surface area contributed by atoms with Crippen LogP contribution in [0.5, 0.6) is 17.2 Å². The van der Waals surface area contributed by atoms with Gasteiger partial charge in [-0.3, -0.25) is 14.5 Å². The zero-order valence-corrected chi connectivity index (χ0v) is 22.7. The molecule has 1 fully saturated rings. The number of anilines is 1. The minimum Gasteiger partial charge on any atom is -0.488 e. The number of fused-ring (bicyclic) bond motifs is 1. The van der Waals surface area contributed by atoms with Crippen molar-refractivity contribution in [3.8, 4) is 17.2 Å². The molecule has 7 nitrogen and oxygen atoms in total. The van der Waals surface area contributed by atoms with Crippen molar-refractivity contribution < 1.29 is 23.8 Å². The van der Waals surface area contributed by atoms with Gasteiger partial charge in [-0.2, -0.15) is 0 Å². The Balaban J connectivity index is 1.41. The molecule has 2 amide bonds. The van der Waals surface area contributed by atoms with E-state index in [0.29, 0.717) is 39.3 Å². The molecule has 38 heavy (non-hydrogen) atoms. The van der Waals surface area contributed by atoms with Crippen molar-refractivity contribution in [2.24, 2.45) is 0 Å². The number of carbonyl (C=O) groups excluding carboxylic acids is 2. The van der Waals surface area contributed by atoms with Gasteiger partial charge < -0.3 is 19.1 Å². The fraction of sp³-hybridized carbons (Fsp3) is 0.241. The van der Waals surface area contributed by atoms with Crippen LogP contribution in [-0.2, 0) is 17.9 Å². The number of ether oxygens (including phenoxy) is 3. The molecule has 0 unspecified atom stereocenters. The van der Waals surface area contributed by atoms with Crippen LogP contribution in [0.3, 0.4) is 0 Å². The smallest absolute Gasteiger partial charge is 0.293 e. The standard InChI is InChI=1S/C29H27ClN2O5S/c1-3-31(4-2)22-11-10-20(24(14-22)35-17-19-8-6-5-7-9-19)13-27-28(33)32(29(34)38-27)16-21-12-25-26(15-23(21)30)37-18-36-25/h5-15H,3-4,16-18H2,1-2H3/b27-13+. The molecule has 0 atom stereocenters. The van der Waals surface area contributed by atoms with Crippen molar-refractivity contribution in [3.63, 3.8) is 0 Å². The molecule has 5 rings (SSSR count). The van der Waals surface area contributed by atoms with Gasteiger partial charge in [0.25, 0.3) is 11.1 Å². The second-order valence-corrected chi connectivity index (χ2v) is 10.1. The lowest BCUT2D eigenvalue weighted by atomic mass is 10.1. The summed E-state index contributed by atoms with van der Waals surface area (Å²) in [5, 5.41) is 0.0439. The van der Waals surface area contributed by atoms with Crippen LogP contribution in [0, 0.1) is 0 Å². The van der Waals surface area contributed by atoms with Crippen LogP contribution in [0.15, 0.2) is 65.6 Å². The zero-order valence-electron chi connectivity index (χ0n) is 21.1. The third-order valence-electron chi connectivity index (χ3n) is 6.39. The molecule has 0 N–H and O–H groups in total. The van der Waals surface area contributed by atoms with E-state index in [-0.39, 0.29) is 24.5 Å². The first kappa shape index (κ1) is 26.0. The fourth-order valence-electron chi connectivity index (χ4n) is 4.32. The summed E-state index contributed by atoms with van der Waals surface area (Å²) in [5.41, 5.74) is 3.40. The van der Waals surface area contributed by atoms with Gasteiger partial charge in [-0.05, 0) is 61.0 Å². The summed E-state index contributed by atoms with van der Waals surface area (Å²) in [6.07, 6.45) is 1.72. The molecule has 2 aliphatic heterocycles. The van der Waals surface area contributed by atoms with E-state index < -0.39 is 0 Å². The molecule has 0 spiro atoms. The van der Waals surface area contributed by atoms with E-state index in [2.05, 4.69) is 18.7 Å². The largest absolute Gasteiger partial charge is 0.488 e. The number of halogens is 1. The van der Waals surface area contributed by atoms with Gasteiger partial charge in [0.1, 0.15) is 12.4 Å². The average molecular weight is 551 g/mol. The number of rotatable bonds is 9. The predicted molar refractivity (Wildman–Crippen MR) is 150 cm³/mol. The predicted octanol–water partition coefficient (Wildman–Crippen LogP) is 6.73. The average Bonchev–Trinajstić information content (AvgIpc) is 3.48. The van der Waals surface area contributed by atoms with Crippen molar-refractivity contribution in [3.05, 3.63) is 87.3 Å². The number of thioether (sulfide) groups is 1. The van der Waals surface area contributed by atoms with Crippen LogP contribution in [0.4, 0.5) is 10.5 Å². The van der Waals surface area contributed by atoms with Crippen molar-refractivity contribution in [1.82, 2.24) is 4.90 Å². The summed E-state index contributed by atoms with van der Waals surface area (Å²) in [5.74, 6) is 1.35. The van der Waals surface area contributed by atoms with Gasteiger partial charge in [0.05, 0.1) is 11.4 Å². The SMILES string of the molecule is CCN(CC)c1ccc(/C=C2/SC(=O)N(Cc3cc4c(cc3Cl)OCO4)C2=O)c(OCc2ccccc2)c1. The van der Waals surface area contributed by atoms with Crippen molar-refractivity contribution in [1.29, 1.82) is 0 Å². The molecule has 3 aromatic rings. The van der Waals surface area contributed by atoms with E-state index in [4.69, 9.17) is 25.8 Å². The summed E-state index contributed by atoms with van der Waals surface area (Å²) in [7, 11) is 0. The van der Waals surface area contributed by atoms with Crippen molar-refractivity contribution >= 4 is 46.3 Å². The number of benzene rings is 3. The summed E-state index contributed by atoms with van der Waals surface area (Å²) in [6.45, 7) is 6.45. The fourth-order valence-corrected chi connectivity index (χ4v) is 5.36. The van der Waals surface area contributed by atoms with E-state index >= 15 is 0 Å². The number of amides is 2. The van der Waals surface area contributed by atoms with Gasteiger partial charge >= 0.3 is 0 Å². The second-order valence-electron chi connectivity index (χ2n) is 8.73. The molecule has 9 heteroatoms. The monoisotopic (exact) mass is 550 g/mol. The Kier molecular flexibility index (Phi) is 7.81. The molecule has 0 aromatic heterocycles. The first-order valence-electron chi connectivity index (χ1n) is 12.4. The number of hydrogen-bond acceptors (Lipinski definition) is 7. The first-order chi connectivity index (χ1) is 18.5. The Bertz CT molecular complexity index is 1390. The summed E-state index contributed by atoms with van der Waals surface area (Å²) in [6, 6.07) is 19.2. The Hall–Kier alpha value is -3.62. The minimum absolute atomic E-state index is 0.0374. The van der Waals surface area contributed by atoms with E-state index in [0.717, 1.165) is 41.7 Å². The zero-order chi connectivity index (χ0) is 26.6. The van der Waals surface area contributed by atoms with Gasteiger partial charge in [0, 0.05) is 41.5 Å². The van der Waals surface area contributed by atoms with E-state index in [1.54, 1.807) is 18.2 Å². The van der Waals surface area contributed by atoms with Gasteiger partial charge in [-0.25, -0.2) is 0 Å². The van der Waals surface area contributed by atoms with Crippen LogP contribution >= 0.6 is 23.4 Å². The third-order valence-corrected chi connectivity index (χ3v) is 7.65. The molecule has 196 valence electrons. The molecule has 0 saturated carbocycles. The number of carbonyl (C=O) groups is 2.